The summed E-state index contributed by atoms with van der Waals surface area (Å²) in [5, 5.41) is 6.41. The van der Waals surface area contributed by atoms with Crippen molar-refractivity contribution in [3.8, 4) is 0 Å². The second kappa shape index (κ2) is 5.79. The first kappa shape index (κ1) is 12.8. The second-order valence-electron chi connectivity index (χ2n) is 3.64. The van der Waals surface area contributed by atoms with Gasteiger partial charge in [-0.2, -0.15) is 0 Å². The summed E-state index contributed by atoms with van der Waals surface area (Å²) in [7, 11) is 0. The molecule has 2 aromatic rings. The fourth-order valence-corrected chi connectivity index (χ4v) is 2.76. The highest BCUT2D eigenvalue weighted by molar-refractivity contribution is 7.12. The van der Waals surface area contributed by atoms with Crippen molar-refractivity contribution in [1.82, 2.24) is 5.32 Å². The van der Waals surface area contributed by atoms with Gasteiger partial charge < -0.3 is 5.73 Å². The zero-order valence-electron chi connectivity index (χ0n) is 9.79. The van der Waals surface area contributed by atoms with E-state index in [4.69, 9.17) is 5.73 Å². The Labute approximate surface area is 113 Å². The van der Waals surface area contributed by atoms with E-state index in [0.29, 0.717) is 4.88 Å². The first-order valence-electron chi connectivity index (χ1n) is 5.38. The monoisotopic (exact) mass is 279 g/mol. The summed E-state index contributed by atoms with van der Waals surface area (Å²) in [4.78, 5) is 17.7. The Morgan fingerprint density at radius 3 is 2.67 bits per heavy atom. The van der Waals surface area contributed by atoms with Crippen molar-refractivity contribution in [3.63, 3.8) is 0 Å². The Hall–Kier alpha value is -1.66. The molecule has 2 aromatic heterocycles. The van der Waals surface area contributed by atoms with Crippen LogP contribution >= 0.6 is 22.7 Å². The highest BCUT2D eigenvalue weighted by atomic mass is 32.1. The van der Waals surface area contributed by atoms with E-state index in [1.54, 1.807) is 17.4 Å². The third kappa shape index (κ3) is 3.18. The van der Waals surface area contributed by atoms with E-state index in [9.17, 15) is 4.79 Å². The van der Waals surface area contributed by atoms with Crippen LogP contribution in [-0.2, 0) is 0 Å². The van der Waals surface area contributed by atoms with Gasteiger partial charge in [-0.15, -0.1) is 22.7 Å². The highest BCUT2D eigenvalue weighted by Crippen LogP contribution is 2.21. The fourth-order valence-electron chi connectivity index (χ4n) is 1.42. The van der Waals surface area contributed by atoms with E-state index in [1.807, 2.05) is 35.9 Å². The van der Waals surface area contributed by atoms with Crippen LogP contribution in [0, 0.1) is 0 Å². The number of nitrogens with zero attached hydrogens (tertiary/aromatic N) is 1. The topological polar surface area (TPSA) is 67.5 Å². The number of nitrogens with two attached hydrogens (primary N) is 1. The minimum atomic E-state index is -0.218. The molecule has 0 aliphatic carbocycles. The lowest BCUT2D eigenvalue weighted by atomic mass is 10.3. The third-order valence-electron chi connectivity index (χ3n) is 2.27. The number of guanidine groups is 1. The lowest BCUT2D eigenvalue weighted by Crippen LogP contribution is -2.36. The molecule has 2 heterocycles. The summed E-state index contributed by atoms with van der Waals surface area (Å²) >= 11 is 2.99. The maximum absolute atomic E-state index is 11.7. The third-order valence-corrected chi connectivity index (χ3v) is 4.19. The molecular formula is C12H13N3OS2. The van der Waals surface area contributed by atoms with Crippen LogP contribution in [0.1, 0.15) is 27.5 Å². The van der Waals surface area contributed by atoms with Crippen molar-refractivity contribution >= 4 is 34.5 Å². The van der Waals surface area contributed by atoms with E-state index in [-0.39, 0.29) is 17.9 Å². The molecule has 3 N–H and O–H groups in total. The molecule has 1 atom stereocenters. The molecular weight excluding hydrogens is 266 g/mol. The van der Waals surface area contributed by atoms with Crippen LogP contribution in [0.5, 0.6) is 0 Å². The summed E-state index contributed by atoms with van der Waals surface area (Å²) in [6, 6.07) is 7.48. The first-order valence-corrected chi connectivity index (χ1v) is 7.14. The lowest BCUT2D eigenvalue weighted by molar-refractivity contribution is 0.0980. The number of amides is 1. The van der Waals surface area contributed by atoms with Crippen molar-refractivity contribution in [1.29, 1.82) is 0 Å². The van der Waals surface area contributed by atoms with Crippen LogP contribution in [0.2, 0.25) is 0 Å². The number of hydrogen-bond donors (Lipinski definition) is 2. The number of thiophene rings is 2. The minimum Gasteiger partial charge on any atom is -0.370 e. The number of carbonyl (C=O) groups excluding carboxylic acids is 1. The zero-order chi connectivity index (χ0) is 13.0. The largest absolute Gasteiger partial charge is 0.370 e. The van der Waals surface area contributed by atoms with Crippen LogP contribution < -0.4 is 11.1 Å². The number of carbonyl (C=O) groups is 1. The minimum absolute atomic E-state index is 0.0476. The molecule has 1 amide bonds. The van der Waals surface area contributed by atoms with Gasteiger partial charge in [-0.05, 0) is 29.8 Å². The summed E-state index contributed by atoms with van der Waals surface area (Å²) in [6.07, 6.45) is 0. The number of aliphatic imine (C=N–C) groups is 1. The molecule has 94 valence electrons. The summed E-state index contributed by atoms with van der Waals surface area (Å²) in [5.74, 6) is -0.0704. The maximum Gasteiger partial charge on any atom is 0.268 e. The number of nitrogens with one attached hydrogen (secondary N) is 1. The molecule has 4 nitrogen and oxygen atoms in total. The average molecular weight is 279 g/mol. The number of hydrogen-bond acceptors (Lipinski definition) is 4. The Kier molecular flexibility index (Phi) is 4.11. The standard InChI is InChI=1S/C12H13N3OS2/c1-8(9-4-2-6-17-9)14-12(13)15-11(16)10-5-3-7-18-10/h2-8H,1H3,(H3,13,14,15,16). The van der Waals surface area contributed by atoms with E-state index in [0.717, 1.165) is 4.88 Å². The molecule has 0 aromatic carbocycles. The van der Waals surface area contributed by atoms with Gasteiger partial charge in [0, 0.05) is 4.88 Å². The van der Waals surface area contributed by atoms with Crippen molar-refractivity contribution in [2.45, 2.75) is 13.0 Å². The first-order chi connectivity index (χ1) is 8.66. The molecule has 0 aliphatic heterocycles. The van der Waals surface area contributed by atoms with Gasteiger partial charge in [0.05, 0.1) is 10.9 Å². The van der Waals surface area contributed by atoms with E-state index >= 15 is 0 Å². The van der Waals surface area contributed by atoms with Gasteiger partial charge in [0.15, 0.2) is 5.96 Å². The van der Waals surface area contributed by atoms with Crippen LogP contribution in [0.3, 0.4) is 0 Å². The molecule has 6 heteroatoms. The Balaban J connectivity index is 1.99. The lowest BCUT2D eigenvalue weighted by Gasteiger charge is -2.06. The molecule has 0 aliphatic rings. The Morgan fingerprint density at radius 1 is 1.33 bits per heavy atom. The van der Waals surface area contributed by atoms with Crippen molar-refractivity contribution < 1.29 is 4.79 Å². The molecule has 0 fully saturated rings. The Bertz CT molecular complexity index is 532. The van der Waals surface area contributed by atoms with Gasteiger partial charge in [-0.1, -0.05) is 12.1 Å². The predicted molar refractivity (Wildman–Crippen MR) is 76.1 cm³/mol. The number of rotatable bonds is 3. The molecule has 2 rings (SSSR count). The summed E-state index contributed by atoms with van der Waals surface area (Å²) in [6.45, 7) is 1.94. The van der Waals surface area contributed by atoms with E-state index in [1.165, 1.54) is 11.3 Å². The second-order valence-corrected chi connectivity index (χ2v) is 5.56. The van der Waals surface area contributed by atoms with Crippen LogP contribution in [0.4, 0.5) is 0 Å². The van der Waals surface area contributed by atoms with Crippen molar-refractivity contribution in [2.75, 3.05) is 0 Å². The summed E-state index contributed by atoms with van der Waals surface area (Å²) in [5.41, 5.74) is 5.72. The average Bonchev–Trinajstić information content (AvgIpc) is 3.02. The predicted octanol–water partition coefficient (Wildman–Crippen LogP) is 2.62. The van der Waals surface area contributed by atoms with Crippen LogP contribution in [-0.4, -0.2) is 11.9 Å². The molecule has 0 saturated carbocycles. The van der Waals surface area contributed by atoms with Gasteiger partial charge in [0.2, 0.25) is 0 Å². The van der Waals surface area contributed by atoms with Crippen LogP contribution in [0.25, 0.3) is 0 Å². The zero-order valence-corrected chi connectivity index (χ0v) is 11.4. The normalized spacial score (nSPS) is 13.3. The summed E-state index contributed by atoms with van der Waals surface area (Å²) < 4.78 is 0. The van der Waals surface area contributed by atoms with Crippen molar-refractivity contribution in [2.24, 2.45) is 10.7 Å². The van der Waals surface area contributed by atoms with Gasteiger partial charge in [0.1, 0.15) is 0 Å². The molecule has 0 spiro atoms. The van der Waals surface area contributed by atoms with Crippen LogP contribution in [0.15, 0.2) is 40.0 Å². The van der Waals surface area contributed by atoms with Gasteiger partial charge in [-0.25, -0.2) is 4.99 Å². The highest BCUT2D eigenvalue weighted by Gasteiger charge is 2.09. The van der Waals surface area contributed by atoms with Gasteiger partial charge >= 0.3 is 0 Å². The van der Waals surface area contributed by atoms with Gasteiger partial charge in [0.25, 0.3) is 5.91 Å². The molecule has 0 bridgehead atoms. The van der Waals surface area contributed by atoms with Gasteiger partial charge in [-0.3, -0.25) is 10.1 Å². The maximum atomic E-state index is 11.7. The fraction of sp³-hybridized carbons (Fsp3) is 0.167. The SMILES string of the molecule is CC(N=C(N)NC(=O)c1cccs1)c1cccs1. The quantitative estimate of drug-likeness (QED) is 0.670. The van der Waals surface area contributed by atoms with Crippen molar-refractivity contribution in [3.05, 3.63) is 44.8 Å². The smallest absolute Gasteiger partial charge is 0.268 e. The molecule has 18 heavy (non-hydrogen) atoms. The molecule has 1 unspecified atom stereocenters. The molecule has 0 radical (unpaired) electrons. The van der Waals surface area contributed by atoms with E-state index < -0.39 is 0 Å². The van der Waals surface area contributed by atoms with E-state index in [2.05, 4.69) is 10.3 Å². The Morgan fingerprint density at radius 2 is 2.06 bits per heavy atom. The molecule has 0 saturated heterocycles.